The van der Waals surface area contributed by atoms with Gasteiger partial charge in [0.05, 0.1) is 5.56 Å². The van der Waals surface area contributed by atoms with E-state index < -0.39 is 29.6 Å². The molecule has 0 unspecified atom stereocenters. The predicted molar refractivity (Wildman–Crippen MR) is 40.3 cm³/mol. The van der Waals surface area contributed by atoms with Gasteiger partial charge < -0.3 is 5.11 Å². The lowest BCUT2D eigenvalue weighted by Gasteiger charge is -2.18. The first-order chi connectivity index (χ1) is 7.14. The SMILES string of the molecule is O[C@@H](c1cnccc1C(F)(F)F)C(F)(F)F. The smallest absolute Gasteiger partial charge is 0.379 e. The second kappa shape index (κ2) is 3.93. The fraction of sp³-hybridized carbons (Fsp3) is 0.375. The number of pyridine rings is 1. The van der Waals surface area contributed by atoms with Crippen molar-refractivity contribution in [3.8, 4) is 0 Å². The highest BCUT2D eigenvalue weighted by molar-refractivity contribution is 5.29. The molecule has 0 fully saturated rings. The third-order valence-corrected chi connectivity index (χ3v) is 1.76. The summed E-state index contributed by atoms with van der Waals surface area (Å²) in [5.74, 6) is 0. The van der Waals surface area contributed by atoms with E-state index in [9.17, 15) is 26.3 Å². The maximum Gasteiger partial charge on any atom is 0.418 e. The summed E-state index contributed by atoms with van der Waals surface area (Å²) in [6.45, 7) is 0. The molecule has 1 aromatic rings. The van der Waals surface area contributed by atoms with Crippen LogP contribution < -0.4 is 0 Å². The van der Waals surface area contributed by atoms with Crippen LogP contribution in [0.4, 0.5) is 26.3 Å². The standard InChI is InChI=1S/C8H5F6NO/c9-7(10,11)5-1-2-15-3-4(5)6(16)8(12,13)14/h1-3,6,16H/t6-/m0/s1. The Hall–Kier alpha value is -1.31. The van der Waals surface area contributed by atoms with Crippen molar-refractivity contribution < 1.29 is 31.4 Å². The van der Waals surface area contributed by atoms with Gasteiger partial charge in [-0.3, -0.25) is 4.98 Å². The molecule has 16 heavy (non-hydrogen) atoms. The van der Waals surface area contributed by atoms with Gasteiger partial charge in [-0.2, -0.15) is 26.3 Å². The van der Waals surface area contributed by atoms with Gasteiger partial charge in [-0.25, -0.2) is 0 Å². The highest BCUT2D eigenvalue weighted by atomic mass is 19.4. The Bertz CT molecular complexity index is 372. The molecule has 1 N–H and O–H groups in total. The van der Waals surface area contributed by atoms with E-state index in [2.05, 4.69) is 4.98 Å². The Morgan fingerprint density at radius 1 is 1.12 bits per heavy atom. The zero-order valence-corrected chi connectivity index (χ0v) is 7.47. The number of halogens is 6. The van der Waals surface area contributed by atoms with E-state index in [0.717, 1.165) is 0 Å². The average molecular weight is 245 g/mol. The van der Waals surface area contributed by atoms with E-state index in [-0.39, 0.29) is 0 Å². The van der Waals surface area contributed by atoms with Gasteiger partial charge in [-0.1, -0.05) is 0 Å². The summed E-state index contributed by atoms with van der Waals surface area (Å²) in [6, 6.07) is 0.379. The number of aromatic nitrogens is 1. The Labute approximate surface area is 85.5 Å². The van der Waals surface area contributed by atoms with Crippen LogP contribution in [0.2, 0.25) is 0 Å². The van der Waals surface area contributed by atoms with E-state index in [4.69, 9.17) is 5.11 Å². The molecule has 1 heterocycles. The molecule has 0 aliphatic carbocycles. The molecule has 0 bridgehead atoms. The molecule has 0 aliphatic heterocycles. The number of nitrogens with zero attached hydrogens (tertiary/aromatic N) is 1. The molecule has 0 spiro atoms. The predicted octanol–water partition coefficient (Wildman–Crippen LogP) is 2.70. The second-order valence-corrected chi connectivity index (χ2v) is 2.90. The van der Waals surface area contributed by atoms with Crippen molar-refractivity contribution >= 4 is 0 Å². The molecule has 8 heteroatoms. The first-order valence-corrected chi connectivity index (χ1v) is 3.90. The van der Waals surface area contributed by atoms with Gasteiger partial charge in [0, 0.05) is 18.0 Å². The zero-order valence-electron chi connectivity index (χ0n) is 7.47. The van der Waals surface area contributed by atoms with Crippen LogP contribution >= 0.6 is 0 Å². The minimum Gasteiger partial charge on any atom is -0.379 e. The van der Waals surface area contributed by atoms with E-state index in [0.29, 0.717) is 18.5 Å². The highest BCUT2D eigenvalue weighted by Gasteiger charge is 2.44. The van der Waals surface area contributed by atoms with Crippen LogP contribution in [0.15, 0.2) is 18.5 Å². The Balaban J connectivity index is 3.25. The first kappa shape index (κ1) is 12.8. The van der Waals surface area contributed by atoms with Crippen molar-refractivity contribution in [2.75, 3.05) is 0 Å². The van der Waals surface area contributed by atoms with Crippen molar-refractivity contribution in [1.82, 2.24) is 4.98 Å². The van der Waals surface area contributed by atoms with Crippen molar-refractivity contribution in [3.63, 3.8) is 0 Å². The first-order valence-electron chi connectivity index (χ1n) is 3.90. The molecule has 2 nitrogen and oxygen atoms in total. The molecule has 0 saturated heterocycles. The van der Waals surface area contributed by atoms with E-state index in [1.807, 2.05) is 0 Å². The number of aliphatic hydroxyl groups is 1. The Morgan fingerprint density at radius 3 is 2.12 bits per heavy atom. The molecule has 90 valence electrons. The molecule has 0 aromatic carbocycles. The molecule has 0 saturated carbocycles. The monoisotopic (exact) mass is 245 g/mol. The molecule has 0 aliphatic rings. The van der Waals surface area contributed by atoms with Crippen molar-refractivity contribution in [1.29, 1.82) is 0 Å². The van der Waals surface area contributed by atoms with Crippen LogP contribution in [-0.2, 0) is 6.18 Å². The molecule has 1 rings (SSSR count). The van der Waals surface area contributed by atoms with Crippen LogP contribution in [0.25, 0.3) is 0 Å². The molecular weight excluding hydrogens is 240 g/mol. The maximum atomic E-state index is 12.3. The fourth-order valence-corrected chi connectivity index (χ4v) is 1.06. The molecular formula is C8H5F6NO. The van der Waals surface area contributed by atoms with Gasteiger partial charge >= 0.3 is 12.4 Å². The third kappa shape index (κ3) is 2.63. The Kier molecular flexibility index (Phi) is 3.13. The van der Waals surface area contributed by atoms with Gasteiger partial charge in [0.1, 0.15) is 0 Å². The van der Waals surface area contributed by atoms with Gasteiger partial charge in [0.2, 0.25) is 0 Å². The van der Waals surface area contributed by atoms with E-state index in [1.54, 1.807) is 0 Å². The number of alkyl halides is 6. The van der Waals surface area contributed by atoms with Crippen LogP contribution in [0.5, 0.6) is 0 Å². The highest BCUT2D eigenvalue weighted by Crippen LogP contribution is 2.39. The lowest BCUT2D eigenvalue weighted by Crippen LogP contribution is -2.23. The number of hydrogen-bond donors (Lipinski definition) is 1. The minimum absolute atomic E-state index is 0.348. The van der Waals surface area contributed by atoms with Gasteiger partial charge in [-0.05, 0) is 6.07 Å². The summed E-state index contributed by atoms with van der Waals surface area (Å²) < 4.78 is 73.0. The van der Waals surface area contributed by atoms with Crippen molar-refractivity contribution in [2.24, 2.45) is 0 Å². The van der Waals surface area contributed by atoms with E-state index >= 15 is 0 Å². The van der Waals surface area contributed by atoms with E-state index in [1.165, 1.54) is 0 Å². The zero-order chi connectivity index (χ0) is 12.6. The van der Waals surface area contributed by atoms with Crippen LogP contribution in [0.1, 0.15) is 17.2 Å². The molecule has 1 atom stereocenters. The van der Waals surface area contributed by atoms with Gasteiger partial charge in [0.25, 0.3) is 0 Å². The Morgan fingerprint density at radius 2 is 1.69 bits per heavy atom. The van der Waals surface area contributed by atoms with Crippen LogP contribution in [0.3, 0.4) is 0 Å². The van der Waals surface area contributed by atoms with Crippen LogP contribution in [-0.4, -0.2) is 16.3 Å². The summed E-state index contributed by atoms with van der Waals surface area (Å²) >= 11 is 0. The summed E-state index contributed by atoms with van der Waals surface area (Å²) in [6.07, 6.45) is -12.3. The number of rotatable bonds is 1. The van der Waals surface area contributed by atoms with Crippen LogP contribution in [0, 0.1) is 0 Å². The summed E-state index contributed by atoms with van der Waals surface area (Å²) in [7, 11) is 0. The van der Waals surface area contributed by atoms with Gasteiger partial charge in [-0.15, -0.1) is 0 Å². The average Bonchev–Trinajstić information content (AvgIpc) is 2.14. The summed E-state index contributed by atoms with van der Waals surface area (Å²) in [4.78, 5) is 3.13. The second-order valence-electron chi connectivity index (χ2n) is 2.90. The third-order valence-electron chi connectivity index (χ3n) is 1.76. The summed E-state index contributed by atoms with van der Waals surface area (Å²) in [5.41, 5.74) is -2.85. The van der Waals surface area contributed by atoms with Gasteiger partial charge in [0.15, 0.2) is 6.10 Å². The molecule has 0 radical (unpaired) electrons. The minimum atomic E-state index is -5.16. The lowest BCUT2D eigenvalue weighted by molar-refractivity contribution is -0.209. The van der Waals surface area contributed by atoms with Crippen molar-refractivity contribution in [2.45, 2.75) is 18.5 Å². The number of aliphatic hydroxyl groups excluding tert-OH is 1. The molecule has 1 aromatic heterocycles. The summed E-state index contributed by atoms with van der Waals surface area (Å²) in [5, 5.41) is 8.74. The van der Waals surface area contributed by atoms with Crippen molar-refractivity contribution in [3.05, 3.63) is 29.6 Å². The maximum absolute atomic E-state index is 12.3. The normalized spacial score (nSPS) is 14.9. The fourth-order valence-electron chi connectivity index (χ4n) is 1.06. The topological polar surface area (TPSA) is 33.1 Å². The largest absolute Gasteiger partial charge is 0.418 e. The molecule has 0 amide bonds. The lowest BCUT2D eigenvalue weighted by atomic mass is 10.0. The quantitative estimate of drug-likeness (QED) is 0.771. The number of hydrogen-bond acceptors (Lipinski definition) is 2.